The van der Waals surface area contributed by atoms with Crippen molar-refractivity contribution in [3.05, 3.63) is 78.9 Å². The van der Waals surface area contributed by atoms with Crippen LogP contribution in [-0.4, -0.2) is 61.9 Å². The van der Waals surface area contributed by atoms with E-state index in [1.54, 1.807) is 35.2 Å². The monoisotopic (exact) mass is 511 g/mol. The number of sulfonamides is 1. The van der Waals surface area contributed by atoms with Crippen LogP contribution >= 0.6 is 0 Å². The van der Waals surface area contributed by atoms with Crippen molar-refractivity contribution < 1.29 is 22.7 Å². The van der Waals surface area contributed by atoms with Crippen molar-refractivity contribution in [2.24, 2.45) is 5.92 Å². The lowest BCUT2D eigenvalue weighted by molar-refractivity contribution is -0.138. The first kappa shape index (κ1) is 25.9. The molecule has 0 saturated carbocycles. The van der Waals surface area contributed by atoms with Gasteiger partial charge in [0.25, 0.3) is 0 Å². The van der Waals surface area contributed by atoms with E-state index in [1.165, 1.54) is 10.4 Å². The first-order valence-electron chi connectivity index (χ1n) is 12.3. The van der Waals surface area contributed by atoms with E-state index in [-0.39, 0.29) is 36.0 Å². The summed E-state index contributed by atoms with van der Waals surface area (Å²) in [5, 5.41) is 2.83. The minimum atomic E-state index is -3.79. The molecule has 2 fully saturated rings. The summed E-state index contributed by atoms with van der Waals surface area (Å²) in [7, 11) is -3.79. The van der Waals surface area contributed by atoms with Gasteiger partial charge in [-0.15, -0.1) is 0 Å². The number of piperidine rings is 2. The highest BCUT2D eigenvalue weighted by atomic mass is 32.2. The fourth-order valence-corrected chi connectivity index (χ4v) is 6.70. The van der Waals surface area contributed by atoms with E-state index in [1.807, 2.05) is 30.3 Å². The molecule has 1 N–H and O–H groups in total. The van der Waals surface area contributed by atoms with Crippen LogP contribution in [0.5, 0.6) is 0 Å². The number of ether oxygens (including phenoxy) is 1. The lowest BCUT2D eigenvalue weighted by Gasteiger charge is -2.41. The maximum absolute atomic E-state index is 13.7. The molecule has 2 aromatic carbocycles. The van der Waals surface area contributed by atoms with Crippen LogP contribution in [0.2, 0.25) is 0 Å². The maximum atomic E-state index is 13.7. The van der Waals surface area contributed by atoms with E-state index in [2.05, 4.69) is 11.9 Å². The van der Waals surface area contributed by atoms with Gasteiger partial charge in [0, 0.05) is 25.7 Å². The van der Waals surface area contributed by atoms with Crippen molar-refractivity contribution in [2.45, 2.75) is 42.7 Å². The number of likely N-dealkylation sites (tertiary alicyclic amines) is 1. The lowest BCUT2D eigenvalue weighted by Crippen LogP contribution is -2.51. The normalized spacial score (nSPS) is 21.5. The van der Waals surface area contributed by atoms with Crippen molar-refractivity contribution in [3.8, 4) is 0 Å². The molecule has 0 bridgehead atoms. The summed E-state index contributed by atoms with van der Waals surface area (Å²) < 4.78 is 33.8. The van der Waals surface area contributed by atoms with Crippen LogP contribution in [0.15, 0.2) is 78.2 Å². The van der Waals surface area contributed by atoms with Gasteiger partial charge in [-0.2, -0.15) is 4.31 Å². The molecule has 2 atom stereocenters. The molecule has 0 aliphatic carbocycles. The van der Waals surface area contributed by atoms with Crippen LogP contribution in [0.25, 0.3) is 0 Å². The van der Waals surface area contributed by atoms with Crippen LogP contribution in [-0.2, 0) is 19.6 Å². The van der Waals surface area contributed by atoms with Crippen molar-refractivity contribution in [3.63, 3.8) is 0 Å². The van der Waals surface area contributed by atoms with Crippen LogP contribution in [0.1, 0.15) is 37.3 Å². The van der Waals surface area contributed by atoms with Gasteiger partial charge in [-0.1, -0.05) is 61.2 Å². The number of hydrogen-bond donors (Lipinski definition) is 1. The molecule has 2 aromatic rings. The minimum absolute atomic E-state index is 0.0255. The Morgan fingerprint density at radius 2 is 1.61 bits per heavy atom. The number of nitrogens with one attached hydrogen (secondary N) is 1. The number of alkyl carbamates (subject to hydrolysis) is 1. The third kappa shape index (κ3) is 5.96. The quantitative estimate of drug-likeness (QED) is 0.572. The molecule has 2 aliphatic heterocycles. The highest BCUT2D eigenvalue weighted by molar-refractivity contribution is 7.89. The molecule has 2 heterocycles. The van der Waals surface area contributed by atoms with Crippen molar-refractivity contribution >= 4 is 22.0 Å². The largest absolute Gasteiger partial charge is 0.445 e. The third-order valence-electron chi connectivity index (χ3n) is 6.88. The number of amides is 2. The van der Waals surface area contributed by atoms with Gasteiger partial charge in [0.2, 0.25) is 15.9 Å². The average molecular weight is 512 g/mol. The Labute approximate surface area is 213 Å². The summed E-state index contributed by atoms with van der Waals surface area (Å²) in [4.78, 5) is 27.3. The highest BCUT2D eigenvalue weighted by Gasteiger charge is 2.41. The molecule has 0 unspecified atom stereocenters. The predicted molar refractivity (Wildman–Crippen MR) is 137 cm³/mol. The summed E-state index contributed by atoms with van der Waals surface area (Å²) in [6, 6.07) is 17.6. The molecule has 0 radical (unpaired) electrons. The molecule has 9 heteroatoms. The van der Waals surface area contributed by atoms with Gasteiger partial charge >= 0.3 is 6.09 Å². The summed E-state index contributed by atoms with van der Waals surface area (Å²) in [6.45, 7) is 4.83. The summed E-state index contributed by atoms with van der Waals surface area (Å²) >= 11 is 0. The Morgan fingerprint density at radius 1 is 0.972 bits per heavy atom. The zero-order chi connectivity index (χ0) is 25.5. The van der Waals surface area contributed by atoms with Gasteiger partial charge in [0.1, 0.15) is 6.61 Å². The summed E-state index contributed by atoms with van der Waals surface area (Å²) in [5.74, 6) is -0.437. The van der Waals surface area contributed by atoms with Crippen molar-refractivity contribution in [2.75, 3.05) is 26.2 Å². The maximum Gasteiger partial charge on any atom is 0.407 e. The fourth-order valence-electron chi connectivity index (χ4n) is 4.99. The summed E-state index contributed by atoms with van der Waals surface area (Å²) in [6.07, 6.45) is 3.46. The number of nitrogens with zero attached hydrogens (tertiary/aromatic N) is 2. The van der Waals surface area contributed by atoms with Gasteiger partial charge in [0.15, 0.2) is 0 Å². The Bertz CT molecular complexity index is 1150. The second-order valence-corrected chi connectivity index (χ2v) is 11.1. The second kappa shape index (κ2) is 11.7. The van der Waals surface area contributed by atoms with Crippen molar-refractivity contribution in [1.82, 2.24) is 14.5 Å². The van der Waals surface area contributed by atoms with E-state index in [4.69, 9.17) is 4.74 Å². The minimum Gasteiger partial charge on any atom is -0.445 e. The molecule has 2 aliphatic rings. The second-order valence-electron chi connectivity index (χ2n) is 9.22. The molecule has 192 valence electrons. The molecule has 0 aromatic heterocycles. The first-order valence-corrected chi connectivity index (χ1v) is 13.8. The fraction of sp³-hybridized carbons (Fsp3) is 0.407. The van der Waals surface area contributed by atoms with Crippen LogP contribution in [0.4, 0.5) is 4.79 Å². The number of carbonyl (C=O) groups excluding carboxylic acids is 2. The van der Waals surface area contributed by atoms with Crippen LogP contribution < -0.4 is 5.32 Å². The topological polar surface area (TPSA) is 96.0 Å². The Kier molecular flexibility index (Phi) is 8.43. The molecule has 2 saturated heterocycles. The number of rotatable bonds is 7. The first-order chi connectivity index (χ1) is 17.4. The van der Waals surface area contributed by atoms with E-state index in [0.717, 1.165) is 5.56 Å². The average Bonchev–Trinajstić information content (AvgIpc) is 2.92. The molecular weight excluding hydrogens is 478 g/mol. The molecule has 8 nitrogen and oxygen atoms in total. The van der Waals surface area contributed by atoms with E-state index in [9.17, 15) is 18.0 Å². The molecule has 36 heavy (non-hydrogen) atoms. The van der Waals surface area contributed by atoms with E-state index in [0.29, 0.717) is 38.8 Å². The summed E-state index contributed by atoms with van der Waals surface area (Å²) in [5.41, 5.74) is 0.929. The van der Waals surface area contributed by atoms with E-state index >= 15 is 0 Å². The molecule has 4 rings (SSSR count). The Hall–Kier alpha value is -3.17. The van der Waals surface area contributed by atoms with E-state index < -0.39 is 22.0 Å². The molecule has 2 amide bonds. The van der Waals surface area contributed by atoms with Gasteiger partial charge in [-0.05, 0) is 43.4 Å². The van der Waals surface area contributed by atoms with Crippen LogP contribution in [0.3, 0.4) is 0 Å². The Balaban J connectivity index is 1.45. The standard InChI is InChI=1S/C27H33N3O5S/c1-2-19-35-27(32)28-23-15-17-29(18-16-23)26(31)22-13-14-25(21-9-5-3-6-10-21)30(20-22)36(33,34)24-11-7-4-8-12-24/h2-12,22-23,25H,1,13-20H2,(H,28,32)/t22-,25-/m1/s1. The molecule has 0 spiro atoms. The predicted octanol–water partition coefficient (Wildman–Crippen LogP) is 3.73. The van der Waals surface area contributed by atoms with Crippen LogP contribution in [0, 0.1) is 5.92 Å². The van der Waals surface area contributed by atoms with Gasteiger partial charge in [-0.3, -0.25) is 4.79 Å². The number of carbonyl (C=O) groups is 2. The zero-order valence-electron chi connectivity index (χ0n) is 20.3. The van der Waals surface area contributed by atoms with Gasteiger partial charge < -0.3 is 15.0 Å². The highest BCUT2D eigenvalue weighted by Crippen LogP contribution is 2.38. The van der Waals surface area contributed by atoms with Gasteiger partial charge in [0.05, 0.1) is 16.9 Å². The smallest absolute Gasteiger partial charge is 0.407 e. The SMILES string of the molecule is C=CCOC(=O)NC1CCN(C(=O)[C@@H]2CC[C@H](c3ccccc3)N(S(=O)(=O)c3ccccc3)C2)CC1. The van der Waals surface area contributed by atoms with Gasteiger partial charge in [-0.25, -0.2) is 13.2 Å². The zero-order valence-corrected chi connectivity index (χ0v) is 21.1. The Morgan fingerprint density at radius 3 is 2.25 bits per heavy atom. The lowest BCUT2D eigenvalue weighted by atomic mass is 9.89. The number of benzene rings is 2. The molecular formula is C27H33N3O5S. The third-order valence-corrected chi connectivity index (χ3v) is 8.77. The van der Waals surface area contributed by atoms with Crippen molar-refractivity contribution in [1.29, 1.82) is 0 Å². The number of hydrogen-bond acceptors (Lipinski definition) is 5.